The molecule has 0 radical (unpaired) electrons. The maximum absolute atomic E-state index is 12.8. The fourth-order valence-electron chi connectivity index (χ4n) is 2.47. The third-order valence-corrected chi connectivity index (χ3v) is 4.95. The Kier molecular flexibility index (Phi) is 9.99. The van der Waals surface area contributed by atoms with Crippen LogP contribution in [0.4, 0.5) is 4.39 Å². The summed E-state index contributed by atoms with van der Waals surface area (Å²) < 4.78 is 18.6. The second-order valence-corrected chi connectivity index (χ2v) is 7.08. The van der Waals surface area contributed by atoms with E-state index in [2.05, 4.69) is 22.5 Å². The van der Waals surface area contributed by atoms with Crippen molar-refractivity contribution >= 4 is 41.7 Å². The lowest BCUT2D eigenvalue weighted by atomic mass is 10.0. The highest BCUT2D eigenvalue weighted by Gasteiger charge is 2.29. The fourth-order valence-corrected chi connectivity index (χ4v) is 3.32. The van der Waals surface area contributed by atoms with Crippen molar-refractivity contribution in [2.45, 2.75) is 36.7 Å². The van der Waals surface area contributed by atoms with Crippen molar-refractivity contribution in [3.63, 3.8) is 0 Å². The molecule has 0 amide bonds. The van der Waals surface area contributed by atoms with Crippen LogP contribution in [0.5, 0.6) is 0 Å². The second-order valence-electron chi connectivity index (χ2n) is 5.91. The number of nitrogens with one attached hydrogen (secondary N) is 2. The van der Waals surface area contributed by atoms with E-state index in [4.69, 9.17) is 4.74 Å². The van der Waals surface area contributed by atoms with Gasteiger partial charge >= 0.3 is 0 Å². The summed E-state index contributed by atoms with van der Waals surface area (Å²) in [5, 5.41) is 6.65. The lowest BCUT2D eigenvalue weighted by Crippen LogP contribution is -2.45. The van der Waals surface area contributed by atoms with Gasteiger partial charge in [-0.25, -0.2) is 4.39 Å². The van der Waals surface area contributed by atoms with E-state index >= 15 is 0 Å². The van der Waals surface area contributed by atoms with Crippen molar-refractivity contribution in [2.24, 2.45) is 4.99 Å². The number of guanidine groups is 1. The van der Waals surface area contributed by atoms with Gasteiger partial charge in [0.2, 0.25) is 0 Å². The van der Waals surface area contributed by atoms with Gasteiger partial charge in [-0.15, -0.1) is 35.7 Å². The standard InChI is InChI=1S/C17H26FN3OS.HI/c1-17(9-3-11-22-17)13-21-16(19-2)20-10-4-12-23-15-7-5-14(18)6-8-15;/h5-8H,3-4,9-13H2,1-2H3,(H2,19,20,21);1H. The first kappa shape index (κ1) is 21.5. The van der Waals surface area contributed by atoms with Crippen LogP contribution in [0.15, 0.2) is 34.2 Å². The average Bonchev–Trinajstić information content (AvgIpc) is 2.99. The van der Waals surface area contributed by atoms with Gasteiger partial charge in [-0.1, -0.05) is 0 Å². The highest BCUT2D eigenvalue weighted by molar-refractivity contribution is 14.0. The zero-order valence-corrected chi connectivity index (χ0v) is 17.5. The summed E-state index contributed by atoms with van der Waals surface area (Å²) >= 11 is 1.73. The molecule has 2 rings (SSSR count). The van der Waals surface area contributed by atoms with E-state index < -0.39 is 0 Å². The Balaban J connectivity index is 0.00000288. The van der Waals surface area contributed by atoms with Crippen LogP contribution >= 0.6 is 35.7 Å². The molecule has 1 aromatic rings. The molecule has 7 heteroatoms. The van der Waals surface area contributed by atoms with E-state index in [1.807, 2.05) is 12.1 Å². The van der Waals surface area contributed by atoms with E-state index in [0.29, 0.717) is 0 Å². The van der Waals surface area contributed by atoms with Gasteiger partial charge in [0.25, 0.3) is 0 Å². The molecule has 136 valence electrons. The molecule has 0 bridgehead atoms. The molecular formula is C17H27FIN3OS. The fraction of sp³-hybridized carbons (Fsp3) is 0.588. The summed E-state index contributed by atoms with van der Waals surface area (Å²) in [7, 11) is 1.78. The van der Waals surface area contributed by atoms with Crippen LogP contribution in [0.2, 0.25) is 0 Å². The molecule has 1 atom stereocenters. The van der Waals surface area contributed by atoms with Gasteiger partial charge in [0.05, 0.1) is 5.60 Å². The zero-order valence-electron chi connectivity index (χ0n) is 14.3. The third kappa shape index (κ3) is 7.57. The highest BCUT2D eigenvalue weighted by atomic mass is 127. The lowest BCUT2D eigenvalue weighted by Gasteiger charge is -2.24. The summed E-state index contributed by atoms with van der Waals surface area (Å²) in [6.45, 7) is 4.62. The number of halogens is 2. The summed E-state index contributed by atoms with van der Waals surface area (Å²) in [6.07, 6.45) is 3.23. The zero-order chi connectivity index (χ0) is 16.5. The van der Waals surface area contributed by atoms with Gasteiger partial charge in [0, 0.05) is 31.6 Å². The van der Waals surface area contributed by atoms with Crippen LogP contribution < -0.4 is 10.6 Å². The molecule has 0 aliphatic carbocycles. The van der Waals surface area contributed by atoms with E-state index in [0.717, 1.165) is 55.6 Å². The normalized spacial score (nSPS) is 20.5. The van der Waals surface area contributed by atoms with E-state index in [1.165, 1.54) is 12.1 Å². The first-order chi connectivity index (χ1) is 11.1. The van der Waals surface area contributed by atoms with Crippen molar-refractivity contribution in [3.05, 3.63) is 30.1 Å². The van der Waals surface area contributed by atoms with Crippen molar-refractivity contribution in [2.75, 3.05) is 32.5 Å². The van der Waals surface area contributed by atoms with Crippen molar-refractivity contribution in [3.8, 4) is 0 Å². The van der Waals surface area contributed by atoms with E-state index in [-0.39, 0.29) is 35.4 Å². The highest BCUT2D eigenvalue weighted by Crippen LogP contribution is 2.23. The van der Waals surface area contributed by atoms with Crippen LogP contribution in [0, 0.1) is 5.82 Å². The molecule has 1 saturated heterocycles. The molecule has 1 unspecified atom stereocenters. The lowest BCUT2D eigenvalue weighted by molar-refractivity contribution is 0.0243. The van der Waals surface area contributed by atoms with Crippen LogP contribution in [-0.4, -0.2) is 44.1 Å². The van der Waals surface area contributed by atoms with Crippen LogP contribution in [0.1, 0.15) is 26.2 Å². The molecule has 1 aliphatic heterocycles. The van der Waals surface area contributed by atoms with Crippen LogP contribution in [0.25, 0.3) is 0 Å². The first-order valence-corrected chi connectivity index (χ1v) is 9.07. The quantitative estimate of drug-likeness (QED) is 0.211. The number of hydrogen-bond donors (Lipinski definition) is 2. The number of ether oxygens (including phenoxy) is 1. The number of aliphatic imine (C=N–C) groups is 1. The Bertz CT molecular complexity index is 507. The summed E-state index contributed by atoms with van der Waals surface area (Å²) in [6, 6.07) is 6.63. The van der Waals surface area contributed by atoms with Gasteiger partial charge in [-0.2, -0.15) is 0 Å². The number of benzene rings is 1. The maximum Gasteiger partial charge on any atom is 0.191 e. The molecule has 24 heavy (non-hydrogen) atoms. The van der Waals surface area contributed by atoms with Gasteiger partial charge < -0.3 is 15.4 Å². The maximum atomic E-state index is 12.8. The largest absolute Gasteiger partial charge is 0.373 e. The topological polar surface area (TPSA) is 45.7 Å². The number of hydrogen-bond acceptors (Lipinski definition) is 3. The Hall–Kier alpha value is -0.540. The predicted molar refractivity (Wildman–Crippen MR) is 110 cm³/mol. The van der Waals surface area contributed by atoms with E-state index in [9.17, 15) is 4.39 Å². The Morgan fingerprint density at radius 1 is 1.33 bits per heavy atom. The molecule has 0 spiro atoms. The Labute approximate surface area is 165 Å². The minimum atomic E-state index is -0.189. The second kappa shape index (κ2) is 11.1. The summed E-state index contributed by atoms with van der Waals surface area (Å²) in [4.78, 5) is 5.33. The van der Waals surface area contributed by atoms with Crippen molar-refractivity contribution in [1.29, 1.82) is 0 Å². The van der Waals surface area contributed by atoms with Gasteiger partial charge in [0.1, 0.15) is 5.82 Å². The minimum Gasteiger partial charge on any atom is -0.373 e. The number of thioether (sulfide) groups is 1. The van der Waals surface area contributed by atoms with Gasteiger partial charge in [-0.05, 0) is 56.2 Å². The van der Waals surface area contributed by atoms with Gasteiger partial charge in [0.15, 0.2) is 5.96 Å². The average molecular weight is 467 g/mol. The minimum absolute atomic E-state index is 0. The molecular weight excluding hydrogens is 440 g/mol. The Morgan fingerprint density at radius 2 is 2.08 bits per heavy atom. The SMILES string of the molecule is CN=C(NCCCSc1ccc(F)cc1)NCC1(C)CCCO1.I. The smallest absolute Gasteiger partial charge is 0.191 e. The molecule has 0 saturated carbocycles. The third-order valence-electron chi connectivity index (χ3n) is 3.85. The summed E-state index contributed by atoms with van der Waals surface area (Å²) in [5.41, 5.74) is -0.0734. The molecule has 2 N–H and O–H groups in total. The Morgan fingerprint density at radius 3 is 2.71 bits per heavy atom. The monoisotopic (exact) mass is 467 g/mol. The molecule has 4 nitrogen and oxygen atoms in total. The van der Waals surface area contributed by atoms with Crippen molar-refractivity contribution in [1.82, 2.24) is 10.6 Å². The number of nitrogens with zero attached hydrogens (tertiary/aromatic N) is 1. The van der Waals surface area contributed by atoms with Crippen LogP contribution in [0.3, 0.4) is 0 Å². The molecule has 1 fully saturated rings. The van der Waals surface area contributed by atoms with Crippen LogP contribution in [-0.2, 0) is 4.74 Å². The predicted octanol–water partition coefficient (Wildman–Crippen LogP) is 3.66. The van der Waals surface area contributed by atoms with E-state index in [1.54, 1.807) is 18.8 Å². The van der Waals surface area contributed by atoms with Crippen molar-refractivity contribution < 1.29 is 9.13 Å². The number of rotatable bonds is 7. The summed E-state index contributed by atoms with van der Waals surface area (Å²) in [5.74, 6) is 1.61. The molecule has 1 aromatic carbocycles. The first-order valence-electron chi connectivity index (χ1n) is 8.08. The van der Waals surface area contributed by atoms with Gasteiger partial charge in [-0.3, -0.25) is 4.99 Å². The molecule has 1 heterocycles. The molecule has 1 aliphatic rings. The molecule has 0 aromatic heterocycles.